The first kappa shape index (κ1) is 17.8. The van der Waals surface area contributed by atoms with Crippen molar-refractivity contribution in [1.29, 1.82) is 0 Å². The van der Waals surface area contributed by atoms with Crippen LogP contribution in [-0.2, 0) is 20.1 Å². The van der Waals surface area contributed by atoms with Gasteiger partial charge in [-0.05, 0) is 37.1 Å². The standard InChI is InChI=1S/C20H25N5O/c1-17-7-3-4-9-19(17)22-20(26)25(15-18-8-5-11-23(18)2)13-6-12-24-14-10-21-16-24/h3-5,7-11,14,16H,6,12-13,15H2,1-2H3,(H,22,26). The Balaban J connectivity index is 1.67. The van der Waals surface area contributed by atoms with Crippen LogP contribution in [0.2, 0.25) is 0 Å². The van der Waals surface area contributed by atoms with E-state index in [9.17, 15) is 4.79 Å². The van der Waals surface area contributed by atoms with Crippen molar-refractivity contribution >= 4 is 11.7 Å². The van der Waals surface area contributed by atoms with Gasteiger partial charge in [-0.1, -0.05) is 18.2 Å². The van der Waals surface area contributed by atoms with E-state index in [1.165, 1.54) is 0 Å². The molecule has 0 saturated heterocycles. The van der Waals surface area contributed by atoms with Crippen molar-refractivity contribution in [3.05, 3.63) is 72.6 Å². The van der Waals surface area contributed by atoms with Gasteiger partial charge in [-0.15, -0.1) is 0 Å². The van der Waals surface area contributed by atoms with Crippen LogP contribution in [0.15, 0.2) is 61.3 Å². The topological polar surface area (TPSA) is 55.1 Å². The second kappa shape index (κ2) is 8.38. The van der Waals surface area contributed by atoms with Crippen molar-refractivity contribution in [1.82, 2.24) is 19.0 Å². The molecule has 1 aromatic carbocycles. The summed E-state index contributed by atoms with van der Waals surface area (Å²) in [6.07, 6.45) is 8.37. The number of amides is 2. The number of para-hydroxylation sites is 1. The van der Waals surface area contributed by atoms with E-state index in [1.807, 2.05) is 76.8 Å². The zero-order valence-electron chi connectivity index (χ0n) is 15.3. The lowest BCUT2D eigenvalue weighted by atomic mass is 10.2. The van der Waals surface area contributed by atoms with Gasteiger partial charge in [-0.3, -0.25) is 0 Å². The number of nitrogens with one attached hydrogen (secondary N) is 1. The maximum absolute atomic E-state index is 12.9. The van der Waals surface area contributed by atoms with Crippen LogP contribution in [0.5, 0.6) is 0 Å². The number of imidazole rings is 1. The SMILES string of the molecule is Cc1ccccc1NC(=O)N(CCCn1ccnc1)Cc1cccn1C. The van der Waals surface area contributed by atoms with E-state index in [4.69, 9.17) is 0 Å². The highest BCUT2D eigenvalue weighted by atomic mass is 16.2. The molecule has 0 aliphatic rings. The Bertz CT molecular complexity index is 838. The molecule has 0 aliphatic carbocycles. The number of rotatable bonds is 7. The number of nitrogens with zero attached hydrogens (tertiary/aromatic N) is 4. The summed E-state index contributed by atoms with van der Waals surface area (Å²) in [7, 11) is 2.00. The number of aryl methyl sites for hydroxylation is 3. The van der Waals surface area contributed by atoms with Gasteiger partial charge in [0.2, 0.25) is 0 Å². The molecule has 0 spiro atoms. The monoisotopic (exact) mass is 351 g/mol. The number of hydrogen-bond donors (Lipinski definition) is 1. The number of benzene rings is 1. The molecule has 2 aromatic heterocycles. The quantitative estimate of drug-likeness (QED) is 0.706. The zero-order chi connectivity index (χ0) is 18.4. The average Bonchev–Trinajstić information content (AvgIpc) is 3.28. The molecule has 0 bridgehead atoms. The first-order valence-corrected chi connectivity index (χ1v) is 8.81. The van der Waals surface area contributed by atoms with Crippen LogP contribution in [0.1, 0.15) is 17.7 Å². The Morgan fingerprint density at radius 1 is 1.19 bits per heavy atom. The lowest BCUT2D eigenvalue weighted by Gasteiger charge is -2.24. The maximum atomic E-state index is 12.9. The second-order valence-electron chi connectivity index (χ2n) is 6.43. The Kier molecular flexibility index (Phi) is 5.73. The summed E-state index contributed by atoms with van der Waals surface area (Å²) in [6.45, 7) is 4.07. The second-order valence-corrected chi connectivity index (χ2v) is 6.43. The normalized spacial score (nSPS) is 10.7. The van der Waals surface area contributed by atoms with E-state index in [0.717, 1.165) is 29.9 Å². The predicted molar refractivity (Wildman–Crippen MR) is 103 cm³/mol. The van der Waals surface area contributed by atoms with E-state index >= 15 is 0 Å². The molecule has 6 nitrogen and oxygen atoms in total. The van der Waals surface area contributed by atoms with Crippen LogP contribution >= 0.6 is 0 Å². The third kappa shape index (κ3) is 4.53. The largest absolute Gasteiger partial charge is 0.353 e. The van der Waals surface area contributed by atoms with Gasteiger partial charge in [-0.2, -0.15) is 0 Å². The fourth-order valence-corrected chi connectivity index (χ4v) is 2.88. The van der Waals surface area contributed by atoms with Gasteiger partial charge in [0.15, 0.2) is 0 Å². The summed E-state index contributed by atoms with van der Waals surface area (Å²) in [6, 6.07) is 11.8. The summed E-state index contributed by atoms with van der Waals surface area (Å²) in [5.74, 6) is 0. The van der Waals surface area contributed by atoms with Gasteiger partial charge in [0.1, 0.15) is 0 Å². The summed E-state index contributed by atoms with van der Waals surface area (Å²) >= 11 is 0. The minimum atomic E-state index is -0.0777. The van der Waals surface area contributed by atoms with Crippen molar-refractivity contribution in [2.45, 2.75) is 26.4 Å². The first-order valence-electron chi connectivity index (χ1n) is 8.81. The molecule has 136 valence electrons. The average molecular weight is 351 g/mol. The summed E-state index contributed by atoms with van der Waals surface area (Å²) < 4.78 is 4.07. The Morgan fingerprint density at radius 3 is 2.73 bits per heavy atom. The number of hydrogen-bond acceptors (Lipinski definition) is 2. The van der Waals surface area contributed by atoms with E-state index < -0.39 is 0 Å². The number of carbonyl (C=O) groups is 1. The van der Waals surface area contributed by atoms with Gasteiger partial charge in [0.25, 0.3) is 0 Å². The molecule has 1 N–H and O–H groups in total. The molecule has 2 heterocycles. The van der Waals surface area contributed by atoms with Crippen molar-refractivity contribution < 1.29 is 4.79 Å². The molecular formula is C20H25N5O. The first-order chi connectivity index (χ1) is 12.6. The molecule has 0 fully saturated rings. The predicted octanol–water partition coefficient (Wildman–Crippen LogP) is 3.65. The zero-order valence-corrected chi connectivity index (χ0v) is 15.3. The summed E-state index contributed by atoms with van der Waals surface area (Å²) in [5.41, 5.74) is 3.01. The third-order valence-corrected chi connectivity index (χ3v) is 4.48. The fraction of sp³-hybridized carbons (Fsp3) is 0.300. The van der Waals surface area contributed by atoms with E-state index in [1.54, 1.807) is 12.5 Å². The van der Waals surface area contributed by atoms with Gasteiger partial charge in [0.05, 0.1) is 12.9 Å². The van der Waals surface area contributed by atoms with Crippen LogP contribution in [0.3, 0.4) is 0 Å². The van der Waals surface area contributed by atoms with Gasteiger partial charge >= 0.3 is 6.03 Å². The minimum Gasteiger partial charge on any atom is -0.353 e. The molecule has 0 unspecified atom stereocenters. The molecule has 0 aliphatic heterocycles. The van der Waals surface area contributed by atoms with Crippen molar-refractivity contribution in [2.75, 3.05) is 11.9 Å². The molecule has 0 saturated carbocycles. The Hall–Kier alpha value is -3.02. The van der Waals surface area contributed by atoms with Crippen LogP contribution in [0.4, 0.5) is 10.5 Å². The highest BCUT2D eigenvalue weighted by molar-refractivity contribution is 5.90. The van der Waals surface area contributed by atoms with Crippen molar-refractivity contribution in [2.24, 2.45) is 7.05 Å². The van der Waals surface area contributed by atoms with Crippen molar-refractivity contribution in [3.8, 4) is 0 Å². The summed E-state index contributed by atoms with van der Waals surface area (Å²) in [4.78, 5) is 18.8. The minimum absolute atomic E-state index is 0.0777. The molecule has 0 radical (unpaired) electrons. The maximum Gasteiger partial charge on any atom is 0.322 e. The van der Waals surface area contributed by atoms with Crippen LogP contribution in [-0.4, -0.2) is 31.6 Å². The number of aromatic nitrogens is 3. The van der Waals surface area contributed by atoms with Crippen LogP contribution in [0.25, 0.3) is 0 Å². The van der Waals surface area contributed by atoms with Gasteiger partial charge in [-0.25, -0.2) is 9.78 Å². The van der Waals surface area contributed by atoms with E-state index in [-0.39, 0.29) is 6.03 Å². The third-order valence-electron chi connectivity index (χ3n) is 4.48. The molecule has 0 atom stereocenters. The molecular weight excluding hydrogens is 326 g/mol. The molecule has 3 rings (SSSR count). The fourth-order valence-electron chi connectivity index (χ4n) is 2.88. The van der Waals surface area contributed by atoms with Gasteiger partial charge in [0, 0.05) is 50.1 Å². The van der Waals surface area contributed by atoms with E-state index in [0.29, 0.717) is 13.1 Å². The highest BCUT2D eigenvalue weighted by Crippen LogP contribution is 2.15. The molecule has 6 heteroatoms. The lowest BCUT2D eigenvalue weighted by Crippen LogP contribution is -2.36. The molecule has 3 aromatic rings. The van der Waals surface area contributed by atoms with Crippen LogP contribution in [0, 0.1) is 6.92 Å². The molecule has 2 amide bonds. The smallest absolute Gasteiger partial charge is 0.322 e. The number of carbonyl (C=O) groups excluding carboxylic acids is 1. The Morgan fingerprint density at radius 2 is 2.04 bits per heavy atom. The Labute approximate surface area is 154 Å². The van der Waals surface area contributed by atoms with E-state index in [2.05, 4.69) is 10.3 Å². The molecule has 26 heavy (non-hydrogen) atoms. The summed E-state index contributed by atoms with van der Waals surface area (Å²) in [5, 5.41) is 3.04. The van der Waals surface area contributed by atoms with Crippen molar-refractivity contribution in [3.63, 3.8) is 0 Å². The highest BCUT2D eigenvalue weighted by Gasteiger charge is 2.16. The van der Waals surface area contributed by atoms with Crippen LogP contribution < -0.4 is 5.32 Å². The number of anilines is 1. The van der Waals surface area contributed by atoms with Gasteiger partial charge < -0.3 is 19.4 Å². The number of urea groups is 1. The lowest BCUT2D eigenvalue weighted by molar-refractivity contribution is 0.206.